The van der Waals surface area contributed by atoms with Gasteiger partial charge in [-0.1, -0.05) is 0 Å². The Kier molecular flexibility index (Phi) is 8.04. The van der Waals surface area contributed by atoms with Crippen molar-refractivity contribution in [1.82, 2.24) is 4.90 Å². The van der Waals surface area contributed by atoms with Crippen LogP contribution in [-0.4, -0.2) is 62.4 Å². The highest BCUT2D eigenvalue weighted by Crippen LogP contribution is 2.40. The Bertz CT molecular complexity index is 1170. The molecule has 0 aromatic heterocycles. The molecule has 0 bridgehead atoms. The van der Waals surface area contributed by atoms with Crippen molar-refractivity contribution in [2.45, 2.75) is 19.8 Å². The van der Waals surface area contributed by atoms with Crippen molar-refractivity contribution < 1.29 is 28.6 Å². The number of carbonyl (C=O) groups is 3. The Morgan fingerprint density at radius 3 is 2.39 bits per heavy atom. The van der Waals surface area contributed by atoms with Gasteiger partial charge in [0.05, 0.1) is 31.4 Å². The van der Waals surface area contributed by atoms with Crippen molar-refractivity contribution in [2.75, 3.05) is 50.7 Å². The van der Waals surface area contributed by atoms with Gasteiger partial charge in [-0.15, -0.1) is 0 Å². The predicted octanol–water partition coefficient (Wildman–Crippen LogP) is 4.38. The lowest BCUT2D eigenvalue weighted by Crippen LogP contribution is -2.36. The largest absolute Gasteiger partial charge is 0.496 e. The molecule has 0 saturated carbocycles. The maximum absolute atomic E-state index is 13.0. The summed E-state index contributed by atoms with van der Waals surface area (Å²) in [5.74, 6) is 0.913. The van der Waals surface area contributed by atoms with Crippen molar-refractivity contribution in [3.63, 3.8) is 0 Å². The Morgan fingerprint density at radius 2 is 1.75 bits per heavy atom. The molecule has 2 aliphatic rings. The molecule has 9 nitrogen and oxygen atoms in total. The third-order valence-corrected chi connectivity index (χ3v) is 6.80. The van der Waals surface area contributed by atoms with Crippen LogP contribution in [0.5, 0.6) is 17.2 Å². The molecule has 2 heterocycles. The van der Waals surface area contributed by atoms with Crippen LogP contribution < -0.4 is 24.4 Å². The molecule has 0 aliphatic carbocycles. The van der Waals surface area contributed by atoms with E-state index in [1.54, 1.807) is 50.6 Å². The van der Waals surface area contributed by atoms with Gasteiger partial charge in [0.25, 0.3) is 11.1 Å². The lowest BCUT2D eigenvalue weighted by atomic mass is 10.1. The zero-order valence-electron chi connectivity index (χ0n) is 20.5. The smallest absolute Gasteiger partial charge is 0.294 e. The second-order valence-corrected chi connectivity index (χ2v) is 9.23. The number of amides is 3. The first kappa shape index (κ1) is 25.4. The molecule has 0 atom stereocenters. The molecular weight excluding hydrogens is 482 g/mol. The van der Waals surface area contributed by atoms with Gasteiger partial charge in [0, 0.05) is 30.4 Å². The number of hydrogen-bond donors (Lipinski definition) is 1. The van der Waals surface area contributed by atoms with E-state index in [9.17, 15) is 14.4 Å². The summed E-state index contributed by atoms with van der Waals surface area (Å²) < 4.78 is 16.6. The van der Waals surface area contributed by atoms with Gasteiger partial charge >= 0.3 is 0 Å². The summed E-state index contributed by atoms with van der Waals surface area (Å²) >= 11 is 0.790. The lowest BCUT2D eigenvalue weighted by Gasteiger charge is -2.22. The summed E-state index contributed by atoms with van der Waals surface area (Å²) in [4.78, 5) is 41.5. The number of anilines is 2. The summed E-state index contributed by atoms with van der Waals surface area (Å²) in [6.07, 6.45) is 3.84. The maximum atomic E-state index is 13.0. The molecule has 0 spiro atoms. The summed E-state index contributed by atoms with van der Waals surface area (Å²) in [6.45, 7) is 3.92. The van der Waals surface area contributed by atoms with Crippen LogP contribution in [0.15, 0.2) is 41.3 Å². The number of nitrogens with one attached hydrogen (secondary N) is 1. The summed E-state index contributed by atoms with van der Waals surface area (Å²) in [7, 11) is 3.16. The number of methoxy groups -OCH3 is 2. The minimum atomic E-state index is -0.531. The fraction of sp³-hybridized carbons (Fsp3) is 0.346. The number of thioether (sulfide) groups is 1. The zero-order chi connectivity index (χ0) is 25.7. The first-order valence-electron chi connectivity index (χ1n) is 11.7. The summed E-state index contributed by atoms with van der Waals surface area (Å²) in [5, 5.41) is 2.19. The fourth-order valence-electron chi connectivity index (χ4n) is 4.15. The van der Waals surface area contributed by atoms with Crippen molar-refractivity contribution in [3.8, 4) is 17.2 Å². The normalized spacial score (nSPS) is 16.6. The second-order valence-electron chi connectivity index (χ2n) is 8.23. The molecule has 2 aliphatic heterocycles. The average molecular weight is 512 g/mol. The number of benzene rings is 2. The van der Waals surface area contributed by atoms with Gasteiger partial charge in [-0.25, -0.2) is 0 Å². The topological polar surface area (TPSA) is 97.4 Å². The number of carbonyl (C=O) groups excluding carboxylic acids is 3. The van der Waals surface area contributed by atoms with Crippen LogP contribution in [0, 0.1) is 0 Å². The third kappa shape index (κ3) is 5.59. The Labute approximate surface area is 214 Å². The highest BCUT2D eigenvalue weighted by atomic mass is 32.2. The van der Waals surface area contributed by atoms with Crippen LogP contribution in [0.3, 0.4) is 0 Å². The van der Waals surface area contributed by atoms with Crippen molar-refractivity contribution in [3.05, 3.63) is 46.9 Å². The van der Waals surface area contributed by atoms with Gasteiger partial charge < -0.3 is 24.4 Å². The van der Waals surface area contributed by atoms with Gasteiger partial charge in [0.1, 0.15) is 23.8 Å². The van der Waals surface area contributed by atoms with Crippen LogP contribution in [0.2, 0.25) is 0 Å². The molecular formula is C26H29N3O6S. The predicted molar refractivity (Wildman–Crippen MR) is 140 cm³/mol. The Balaban J connectivity index is 1.49. The monoisotopic (exact) mass is 511 g/mol. The molecule has 0 unspecified atom stereocenters. The van der Waals surface area contributed by atoms with E-state index in [0.717, 1.165) is 48.3 Å². The van der Waals surface area contributed by atoms with E-state index in [1.807, 2.05) is 13.0 Å². The highest BCUT2D eigenvalue weighted by Gasteiger charge is 2.36. The quantitative estimate of drug-likeness (QED) is 0.496. The lowest BCUT2D eigenvalue weighted by molar-refractivity contribution is -0.127. The molecule has 2 aromatic carbocycles. The molecule has 1 N–H and O–H groups in total. The van der Waals surface area contributed by atoms with E-state index < -0.39 is 17.1 Å². The molecule has 4 rings (SSSR count). The van der Waals surface area contributed by atoms with E-state index >= 15 is 0 Å². The summed E-state index contributed by atoms with van der Waals surface area (Å²) in [6, 6.07) is 10.6. The van der Waals surface area contributed by atoms with Gasteiger partial charge in [-0.3, -0.25) is 19.3 Å². The van der Waals surface area contributed by atoms with E-state index in [0.29, 0.717) is 35.1 Å². The first-order valence-corrected chi connectivity index (χ1v) is 12.5. The van der Waals surface area contributed by atoms with Crippen molar-refractivity contribution >= 4 is 46.3 Å². The standard InChI is InChI=1S/C26H29N3O6S/c1-4-35-19-9-7-18(8-10-19)27-24(30)16-29-25(31)23(36-26(29)32)14-17-13-22(34-3)20(15-21(17)33-2)28-11-5-6-12-28/h7-10,13-15H,4-6,11-12,16H2,1-3H3,(H,27,30). The van der Waals surface area contributed by atoms with Crippen molar-refractivity contribution in [1.29, 1.82) is 0 Å². The number of rotatable bonds is 9. The highest BCUT2D eigenvalue weighted by molar-refractivity contribution is 8.18. The summed E-state index contributed by atoms with van der Waals surface area (Å²) in [5.41, 5.74) is 2.09. The van der Waals surface area contributed by atoms with Crippen LogP contribution in [0.1, 0.15) is 25.3 Å². The minimum absolute atomic E-state index is 0.211. The van der Waals surface area contributed by atoms with E-state index in [4.69, 9.17) is 14.2 Å². The van der Waals surface area contributed by atoms with E-state index in [2.05, 4.69) is 10.2 Å². The molecule has 36 heavy (non-hydrogen) atoms. The number of hydrogen-bond acceptors (Lipinski definition) is 8. The molecule has 2 saturated heterocycles. The minimum Gasteiger partial charge on any atom is -0.496 e. The van der Waals surface area contributed by atoms with E-state index in [-0.39, 0.29) is 11.4 Å². The van der Waals surface area contributed by atoms with Crippen LogP contribution >= 0.6 is 11.8 Å². The Hall–Kier alpha value is -3.66. The van der Waals surface area contributed by atoms with Crippen molar-refractivity contribution in [2.24, 2.45) is 0 Å². The first-order chi connectivity index (χ1) is 17.4. The van der Waals surface area contributed by atoms with Gasteiger partial charge in [-0.2, -0.15) is 0 Å². The van der Waals surface area contributed by atoms with Crippen LogP contribution in [-0.2, 0) is 9.59 Å². The van der Waals surface area contributed by atoms with Gasteiger partial charge in [0.2, 0.25) is 5.91 Å². The molecule has 2 fully saturated rings. The third-order valence-electron chi connectivity index (χ3n) is 5.89. The molecule has 3 amide bonds. The van der Waals surface area contributed by atoms with Gasteiger partial charge in [-0.05, 0) is 67.9 Å². The van der Waals surface area contributed by atoms with Crippen LogP contribution in [0.25, 0.3) is 6.08 Å². The molecule has 0 radical (unpaired) electrons. The van der Waals surface area contributed by atoms with Crippen LogP contribution in [0.4, 0.5) is 16.2 Å². The molecule has 2 aromatic rings. The number of ether oxygens (including phenoxy) is 3. The number of imide groups is 1. The molecule has 190 valence electrons. The van der Waals surface area contributed by atoms with E-state index in [1.165, 1.54) is 0 Å². The zero-order valence-corrected chi connectivity index (χ0v) is 21.4. The Morgan fingerprint density at radius 1 is 1.06 bits per heavy atom. The fourth-order valence-corrected chi connectivity index (χ4v) is 4.98. The SMILES string of the molecule is CCOc1ccc(NC(=O)CN2C(=O)SC(=Cc3cc(OC)c(N4CCCC4)cc3OC)C2=O)cc1. The number of nitrogens with zero attached hydrogens (tertiary/aromatic N) is 2. The maximum Gasteiger partial charge on any atom is 0.294 e. The molecule has 10 heteroatoms. The average Bonchev–Trinajstić information content (AvgIpc) is 3.50. The van der Waals surface area contributed by atoms with Gasteiger partial charge in [0.15, 0.2) is 0 Å². The second kappa shape index (κ2) is 11.4.